The molecule has 2 aromatic carbocycles. The molecule has 246 valence electrons. The van der Waals surface area contributed by atoms with E-state index in [1.165, 1.54) is 16.1 Å². The summed E-state index contributed by atoms with van der Waals surface area (Å²) in [5.74, 6) is 0.460. The largest absolute Gasteiger partial charge is 0.378 e. The molecule has 3 saturated heterocycles. The summed E-state index contributed by atoms with van der Waals surface area (Å²) in [4.78, 5) is 32.6. The van der Waals surface area contributed by atoms with Crippen molar-refractivity contribution in [3.8, 4) is 0 Å². The highest BCUT2D eigenvalue weighted by Crippen LogP contribution is 2.30. The van der Waals surface area contributed by atoms with E-state index in [0.717, 1.165) is 56.6 Å². The third kappa shape index (κ3) is 9.20. The Morgan fingerprint density at radius 2 is 1.56 bits per heavy atom. The second kappa shape index (κ2) is 15.6. The number of ether oxygens (including phenoxy) is 1. The lowest BCUT2D eigenvalue weighted by Gasteiger charge is -2.35. The van der Waals surface area contributed by atoms with Gasteiger partial charge in [-0.25, -0.2) is 12.7 Å². The lowest BCUT2D eigenvalue weighted by Crippen LogP contribution is -2.45. The molecule has 0 unspecified atom stereocenters. The van der Waals surface area contributed by atoms with Gasteiger partial charge in [0, 0.05) is 49.9 Å². The first kappa shape index (κ1) is 34.1. The zero-order valence-corrected chi connectivity index (χ0v) is 28.3. The normalized spacial score (nSPS) is 19.5. The van der Waals surface area contributed by atoms with E-state index < -0.39 is 10.0 Å². The zero-order chi connectivity index (χ0) is 32.0. The molecule has 12 heteroatoms. The van der Waals surface area contributed by atoms with Gasteiger partial charge in [0.15, 0.2) is 0 Å². The van der Waals surface area contributed by atoms with Crippen molar-refractivity contribution in [3.05, 3.63) is 63.6 Å². The van der Waals surface area contributed by atoms with E-state index >= 15 is 0 Å². The molecule has 0 spiro atoms. The average molecular weight is 680 g/mol. The average Bonchev–Trinajstić information content (AvgIpc) is 3.05. The summed E-state index contributed by atoms with van der Waals surface area (Å²) >= 11 is 12.5. The van der Waals surface area contributed by atoms with Gasteiger partial charge in [-0.3, -0.25) is 9.59 Å². The van der Waals surface area contributed by atoms with Crippen LogP contribution in [-0.4, -0.2) is 106 Å². The van der Waals surface area contributed by atoms with E-state index in [0.29, 0.717) is 74.7 Å². The van der Waals surface area contributed by atoms with Crippen molar-refractivity contribution < 1.29 is 22.7 Å². The number of anilines is 1. The number of halogens is 2. The van der Waals surface area contributed by atoms with Gasteiger partial charge >= 0.3 is 0 Å². The second-order valence-electron chi connectivity index (χ2n) is 12.5. The van der Waals surface area contributed by atoms with E-state index in [1.807, 2.05) is 28.0 Å². The number of sulfonamides is 1. The van der Waals surface area contributed by atoms with E-state index in [1.54, 1.807) is 12.1 Å². The van der Waals surface area contributed by atoms with Crippen LogP contribution in [0.2, 0.25) is 10.0 Å². The minimum atomic E-state index is -3.26. The molecule has 0 aromatic heterocycles. The smallest absolute Gasteiger partial charge is 0.254 e. The van der Waals surface area contributed by atoms with Gasteiger partial charge < -0.3 is 19.4 Å². The first-order chi connectivity index (χ1) is 21.6. The van der Waals surface area contributed by atoms with E-state index in [9.17, 15) is 18.0 Å². The third-order valence-electron chi connectivity index (χ3n) is 9.34. The maximum atomic E-state index is 13.7. The molecule has 45 heavy (non-hydrogen) atoms. The Kier molecular flexibility index (Phi) is 11.8. The van der Waals surface area contributed by atoms with Crippen molar-refractivity contribution in [3.63, 3.8) is 0 Å². The molecule has 3 heterocycles. The number of rotatable bonds is 10. The predicted molar refractivity (Wildman–Crippen MR) is 179 cm³/mol. The first-order valence-corrected chi connectivity index (χ1v) is 18.6. The fourth-order valence-electron chi connectivity index (χ4n) is 6.61. The summed E-state index contributed by atoms with van der Waals surface area (Å²) in [6.07, 6.45) is 6.28. The molecule has 0 aliphatic carbocycles. The van der Waals surface area contributed by atoms with E-state index in [-0.39, 0.29) is 17.7 Å². The SMILES string of the molecule is CS(=O)(=O)N1CCC(C(=O)N(CCCN2CCC(Cc3ccc(C(=O)N4CCOCC4)cc3)CC2)c2ccc(Cl)c(Cl)c2)CC1. The zero-order valence-electron chi connectivity index (χ0n) is 26.0. The van der Waals surface area contributed by atoms with Gasteiger partial charge in [0.1, 0.15) is 0 Å². The Balaban J connectivity index is 1.10. The number of likely N-dealkylation sites (tertiary alicyclic amines) is 1. The number of hydrogen-bond donors (Lipinski definition) is 0. The van der Waals surface area contributed by atoms with Gasteiger partial charge in [-0.15, -0.1) is 0 Å². The number of morpholine rings is 1. The van der Waals surface area contributed by atoms with E-state index in [4.69, 9.17) is 27.9 Å². The van der Waals surface area contributed by atoms with Gasteiger partial charge in [-0.2, -0.15) is 0 Å². The highest BCUT2D eigenvalue weighted by molar-refractivity contribution is 7.88. The molecular formula is C33H44Cl2N4O5S. The van der Waals surface area contributed by atoms with Crippen molar-refractivity contribution >= 4 is 50.7 Å². The molecule has 5 rings (SSSR count). The van der Waals surface area contributed by atoms with Crippen LogP contribution in [-0.2, 0) is 26.0 Å². The highest BCUT2D eigenvalue weighted by Gasteiger charge is 2.32. The lowest BCUT2D eigenvalue weighted by molar-refractivity contribution is -0.123. The lowest BCUT2D eigenvalue weighted by atomic mass is 9.90. The molecule has 0 N–H and O–H groups in total. The molecule has 3 aliphatic rings. The Morgan fingerprint density at radius 3 is 2.18 bits per heavy atom. The van der Waals surface area contributed by atoms with Crippen LogP contribution >= 0.6 is 23.2 Å². The monoisotopic (exact) mass is 678 g/mol. The summed E-state index contributed by atoms with van der Waals surface area (Å²) < 4.78 is 30.7. The number of piperidine rings is 2. The van der Waals surface area contributed by atoms with Crippen LogP contribution in [0.4, 0.5) is 5.69 Å². The van der Waals surface area contributed by atoms with Gasteiger partial charge in [-0.1, -0.05) is 35.3 Å². The quantitative estimate of drug-likeness (QED) is 0.358. The van der Waals surface area contributed by atoms with Crippen LogP contribution < -0.4 is 4.90 Å². The van der Waals surface area contributed by atoms with Crippen LogP contribution in [0.1, 0.15) is 48.0 Å². The molecule has 3 fully saturated rings. The Hall–Kier alpha value is -2.21. The summed E-state index contributed by atoms with van der Waals surface area (Å²) in [5.41, 5.74) is 2.73. The molecular weight excluding hydrogens is 635 g/mol. The highest BCUT2D eigenvalue weighted by atomic mass is 35.5. The molecule has 0 saturated carbocycles. The van der Waals surface area contributed by atoms with Crippen LogP contribution in [0, 0.1) is 11.8 Å². The predicted octanol–water partition coefficient (Wildman–Crippen LogP) is 4.82. The summed E-state index contributed by atoms with van der Waals surface area (Å²) in [7, 11) is -3.26. The number of amides is 2. The second-order valence-corrected chi connectivity index (χ2v) is 15.3. The van der Waals surface area contributed by atoms with Crippen molar-refractivity contribution in [1.82, 2.24) is 14.1 Å². The number of nitrogens with zero attached hydrogens (tertiary/aromatic N) is 4. The Bertz CT molecular complexity index is 1420. The number of benzene rings is 2. The minimum absolute atomic E-state index is 0.0120. The molecule has 3 aliphatic heterocycles. The summed E-state index contributed by atoms with van der Waals surface area (Å²) in [6.45, 7) is 6.69. The molecule has 2 aromatic rings. The van der Waals surface area contributed by atoms with Gasteiger partial charge in [0.25, 0.3) is 5.91 Å². The van der Waals surface area contributed by atoms with Gasteiger partial charge in [0.2, 0.25) is 15.9 Å². The van der Waals surface area contributed by atoms with Crippen molar-refractivity contribution in [2.75, 3.05) is 76.7 Å². The molecule has 2 amide bonds. The van der Waals surface area contributed by atoms with Crippen LogP contribution in [0.3, 0.4) is 0 Å². The van der Waals surface area contributed by atoms with Crippen molar-refractivity contribution in [1.29, 1.82) is 0 Å². The fraction of sp³-hybridized carbons (Fsp3) is 0.576. The van der Waals surface area contributed by atoms with Crippen LogP contribution in [0.25, 0.3) is 0 Å². The molecule has 0 atom stereocenters. The molecule has 0 radical (unpaired) electrons. The number of hydrogen-bond acceptors (Lipinski definition) is 6. The standard InChI is InChI=1S/C33H44Cl2N4O5S/c1-45(42,43)38-17-11-28(12-18-38)33(41)39(29-7-8-30(34)31(35)24-29)14-2-13-36-15-9-26(10-16-36)23-25-3-5-27(6-4-25)32(40)37-19-21-44-22-20-37/h3-8,24,26,28H,2,9-23H2,1H3. The maximum Gasteiger partial charge on any atom is 0.254 e. The first-order valence-electron chi connectivity index (χ1n) is 16.0. The van der Waals surface area contributed by atoms with Crippen LogP contribution in [0.15, 0.2) is 42.5 Å². The maximum absolute atomic E-state index is 13.7. The number of carbonyl (C=O) groups is 2. The Labute approximate surface area is 277 Å². The summed E-state index contributed by atoms with van der Waals surface area (Å²) in [6, 6.07) is 13.4. The molecule has 0 bridgehead atoms. The topological polar surface area (TPSA) is 90.5 Å². The van der Waals surface area contributed by atoms with Crippen LogP contribution in [0.5, 0.6) is 0 Å². The minimum Gasteiger partial charge on any atom is -0.378 e. The van der Waals surface area contributed by atoms with Crippen molar-refractivity contribution in [2.45, 2.75) is 38.5 Å². The third-order valence-corrected chi connectivity index (χ3v) is 11.4. The Morgan fingerprint density at radius 1 is 0.889 bits per heavy atom. The summed E-state index contributed by atoms with van der Waals surface area (Å²) in [5, 5.41) is 0.842. The van der Waals surface area contributed by atoms with Gasteiger partial charge in [0.05, 0.1) is 29.5 Å². The fourth-order valence-corrected chi connectivity index (χ4v) is 7.77. The molecule has 9 nitrogen and oxygen atoms in total. The number of carbonyl (C=O) groups excluding carboxylic acids is 2. The van der Waals surface area contributed by atoms with E-state index in [2.05, 4.69) is 17.0 Å². The van der Waals surface area contributed by atoms with Crippen molar-refractivity contribution in [2.24, 2.45) is 11.8 Å². The van der Waals surface area contributed by atoms with Gasteiger partial charge in [-0.05, 0) is 100.0 Å².